The standard InChI is InChI=1S/C27H35N5O8.2ClH/c1-6-29-10-16(33)30-14-9-15(31(2)3)12-7-11-8-13-20(32(4)5)23(36)19(26(28)39)25(38)27(13,40)24(37)17(11)22(35)18(12)21(14)34;;/h9,11,13,20,29,34-35,38,40H,6-8,10H2,1-5H3,(H2,28,39)(H,30,33);2*1H/t11?,13?,20-,27?;;/m0../s1. The van der Waals surface area contributed by atoms with Crippen molar-refractivity contribution in [2.45, 2.75) is 31.4 Å². The van der Waals surface area contributed by atoms with Crippen molar-refractivity contribution in [1.29, 1.82) is 0 Å². The third-order valence-corrected chi connectivity index (χ3v) is 7.99. The van der Waals surface area contributed by atoms with Gasteiger partial charge in [0, 0.05) is 31.3 Å². The molecule has 3 aliphatic carbocycles. The van der Waals surface area contributed by atoms with Crippen LogP contribution in [0.4, 0.5) is 11.4 Å². The van der Waals surface area contributed by atoms with Crippen molar-refractivity contribution in [3.8, 4) is 5.75 Å². The molecule has 232 valence electrons. The molecule has 42 heavy (non-hydrogen) atoms. The van der Waals surface area contributed by atoms with Gasteiger partial charge >= 0.3 is 0 Å². The summed E-state index contributed by atoms with van der Waals surface area (Å²) in [5, 5.41) is 50.8. The van der Waals surface area contributed by atoms with E-state index in [1.54, 1.807) is 39.2 Å². The lowest BCUT2D eigenvalue weighted by Crippen LogP contribution is -2.65. The van der Waals surface area contributed by atoms with Gasteiger partial charge in [-0.25, -0.2) is 0 Å². The zero-order valence-electron chi connectivity index (χ0n) is 23.8. The molecule has 1 aromatic carbocycles. The van der Waals surface area contributed by atoms with E-state index in [0.717, 1.165) is 0 Å². The molecule has 13 nitrogen and oxygen atoms in total. The minimum absolute atomic E-state index is 0. The molecule has 0 spiro atoms. The third kappa shape index (κ3) is 5.20. The number of rotatable bonds is 7. The minimum Gasteiger partial charge on any atom is -0.508 e. The fourth-order valence-electron chi connectivity index (χ4n) is 6.22. The van der Waals surface area contributed by atoms with E-state index in [4.69, 9.17) is 5.73 Å². The van der Waals surface area contributed by atoms with Crippen LogP contribution in [0.3, 0.4) is 0 Å². The summed E-state index contributed by atoms with van der Waals surface area (Å²) >= 11 is 0. The van der Waals surface area contributed by atoms with Gasteiger partial charge < -0.3 is 41.7 Å². The van der Waals surface area contributed by atoms with Crippen LogP contribution in [0, 0.1) is 11.8 Å². The molecule has 0 aliphatic heterocycles. The summed E-state index contributed by atoms with van der Waals surface area (Å²) in [5.41, 5.74) is 2.47. The Labute approximate surface area is 255 Å². The number of primary amides is 1. The molecule has 2 amide bonds. The van der Waals surface area contributed by atoms with Gasteiger partial charge in [0.05, 0.1) is 23.8 Å². The predicted molar refractivity (Wildman–Crippen MR) is 160 cm³/mol. The Bertz CT molecular complexity index is 1390. The zero-order valence-corrected chi connectivity index (χ0v) is 25.5. The molecule has 0 aromatic heterocycles. The van der Waals surface area contributed by atoms with Gasteiger partial charge in [0.1, 0.15) is 22.8 Å². The predicted octanol–water partition coefficient (Wildman–Crippen LogP) is 0.422. The lowest BCUT2D eigenvalue weighted by molar-refractivity contribution is -0.153. The van der Waals surface area contributed by atoms with Crippen molar-refractivity contribution in [1.82, 2.24) is 10.2 Å². The van der Waals surface area contributed by atoms with Gasteiger partial charge in [-0.2, -0.15) is 0 Å². The topological polar surface area (TPSA) is 206 Å². The Morgan fingerprint density at radius 3 is 2.26 bits per heavy atom. The number of aromatic hydroxyl groups is 1. The van der Waals surface area contributed by atoms with Gasteiger partial charge in [0.2, 0.25) is 11.7 Å². The molecule has 1 aromatic rings. The Morgan fingerprint density at radius 2 is 1.74 bits per heavy atom. The number of hydrogen-bond acceptors (Lipinski definition) is 11. The smallest absolute Gasteiger partial charge is 0.255 e. The van der Waals surface area contributed by atoms with E-state index >= 15 is 0 Å². The van der Waals surface area contributed by atoms with Crippen molar-refractivity contribution >= 4 is 65.3 Å². The molecule has 0 radical (unpaired) electrons. The number of benzene rings is 1. The molecule has 4 atom stereocenters. The van der Waals surface area contributed by atoms with E-state index < -0.39 is 69.7 Å². The van der Waals surface area contributed by atoms with Gasteiger partial charge in [0.25, 0.3) is 5.91 Å². The molecule has 8 N–H and O–H groups in total. The van der Waals surface area contributed by atoms with Gasteiger partial charge in [-0.05, 0) is 51.0 Å². The van der Waals surface area contributed by atoms with E-state index in [0.29, 0.717) is 17.8 Å². The zero-order chi connectivity index (χ0) is 29.8. The number of ketones is 2. The average molecular weight is 631 g/mol. The maximum Gasteiger partial charge on any atom is 0.255 e. The Balaban J connectivity index is 0.00000308. The molecule has 1 saturated carbocycles. The van der Waals surface area contributed by atoms with Crippen LogP contribution in [0.25, 0.3) is 5.76 Å². The number of likely N-dealkylation sites (N-methyl/N-ethyl adjacent to an activating group) is 2. The number of fused-ring (bicyclic) bond motifs is 3. The highest BCUT2D eigenvalue weighted by molar-refractivity contribution is 6.24. The van der Waals surface area contributed by atoms with Crippen LogP contribution < -0.4 is 21.3 Å². The summed E-state index contributed by atoms with van der Waals surface area (Å²) in [6, 6.07) is 0.408. The van der Waals surface area contributed by atoms with Gasteiger partial charge in [-0.1, -0.05) is 6.92 Å². The SMILES string of the molecule is CCNCC(=O)Nc1cc(N(C)C)c2c(c1O)C(O)=C1C(=O)C3(O)C(O)=C(C(N)=O)C(=O)[C@@H](N(C)C)C3CC1C2.Cl.Cl. The molecule has 0 heterocycles. The van der Waals surface area contributed by atoms with Crippen molar-refractivity contribution in [2.75, 3.05) is 51.5 Å². The highest BCUT2D eigenvalue weighted by atomic mass is 35.5. The van der Waals surface area contributed by atoms with E-state index in [9.17, 15) is 39.6 Å². The summed E-state index contributed by atoms with van der Waals surface area (Å²) in [4.78, 5) is 54.9. The number of carbonyl (C=O) groups excluding carboxylic acids is 4. The van der Waals surface area contributed by atoms with E-state index in [2.05, 4.69) is 10.6 Å². The Hall–Kier alpha value is -3.36. The van der Waals surface area contributed by atoms with Crippen molar-refractivity contribution < 1.29 is 39.6 Å². The first-order valence-corrected chi connectivity index (χ1v) is 12.9. The van der Waals surface area contributed by atoms with E-state index in [1.165, 1.54) is 4.90 Å². The maximum absolute atomic E-state index is 14.0. The van der Waals surface area contributed by atoms with Crippen LogP contribution in [-0.4, -0.2) is 102 Å². The largest absolute Gasteiger partial charge is 0.508 e. The van der Waals surface area contributed by atoms with Crippen LogP contribution in [0.5, 0.6) is 5.75 Å². The summed E-state index contributed by atoms with van der Waals surface area (Å²) in [7, 11) is 6.57. The van der Waals surface area contributed by atoms with Gasteiger partial charge in [0.15, 0.2) is 11.4 Å². The first-order valence-electron chi connectivity index (χ1n) is 12.9. The second-order valence-corrected chi connectivity index (χ2v) is 10.8. The van der Waals surface area contributed by atoms with E-state index in [1.807, 2.05) is 6.92 Å². The number of anilines is 2. The molecular formula is C27H37Cl2N5O8. The van der Waals surface area contributed by atoms with Gasteiger partial charge in [-0.15, -0.1) is 24.8 Å². The number of hydrogen-bond donors (Lipinski definition) is 7. The monoisotopic (exact) mass is 629 g/mol. The summed E-state index contributed by atoms with van der Waals surface area (Å²) in [5.74, 6) is -7.75. The fraction of sp³-hybridized carbons (Fsp3) is 0.481. The van der Waals surface area contributed by atoms with Crippen LogP contribution in [-0.2, 0) is 25.6 Å². The van der Waals surface area contributed by atoms with Crippen LogP contribution in [0.15, 0.2) is 23.0 Å². The number of phenolic OH excluding ortho intramolecular Hbond substituents is 1. The number of aliphatic hydroxyl groups is 3. The number of nitrogens with one attached hydrogen (secondary N) is 2. The number of aliphatic hydroxyl groups excluding tert-OH is 2. The van der Waals surface area contributed by atoms with Crippen molar-refractivity contribution in [3.63, 3.8) is 0 Å². The number of halogens is 2. The van der Waals surface area contributed by atoms with Crippen LogP contribution >= 0.6 is 24.8 Å². The fourth-order valence-corrected chi connectivity index (χ4v) is 6.22. The average Bonchev–Trinajstić information content (AvgIpc) is 2.85. The summed E-state index contributed by atoms with van der Waals surface area (Å²) < 4.78 is 0. The number of Topliss-reactive ketones (excluding diaryl/α,β-unsaturated/α-hetero) is 2. The number of nitrogens with two attached hydrogens (primary N) is 1. The molecular weight excluding hydrogens is 593 g/mol. The molecule has 3 aliphatic rings. The van der Waals surface area contributed by atoms with Crippen molar-refractivity contribution in [3.05, 3.63) is 34.1 Å². The summed E-state index contributed by atoms with van der Waals surface area (Å²) in [6.45, 7) is 2.36. The quantitative estimate of drug-likeness (QED) is 0.162. The number of carbonyl (C=O) groups is 4. The van der Waals surface area contributed by atoms with E-state index in [-0.39, 0.29) is 61.0 Å². The van der Waals surface area contributed by atoms with Gasteiger partial charge in [-0.3, -0.25) is 24.1 Å². The molecule has 15 heteroatoms. The first-order chi connectivity index (χ1) is 18.7. The minimum atomic E-state index is -2.72. The lowest BCUT2D eigenvalue weighted by atomic mass is 9.57. The molecule has 0 bridgehead atoms. The normalized spacial score (nSPS) is 24.7. The molecule has 3 unspecified atom stereocenters. The molecule has 1 fully saturated rings. The second-order valence-electron chi connectivity index (χ2n) is 10.8. The Morgan fingerprint density at radius 1 is 1.12 bits per heavy atom. The molecule has 4 rings (SSSR count). The highest BCUT2D eigenvalue weighted by Crippen LogP contribution is 2.54. The second kappa shape index (κ2) is 12.5. The van der Waals surface area contributed by atoms with Crippen LogP contribution in [0.1, 0.15) is 24.5 Å². The van der Waals surface area contributed by atoms with Crippen LogP contribution in [0.2, 0.25) is 0 Å². The lowest BCUT2D eigenvalue weighted by Gasteiger charge is -2.50. The number of amides is 2. The molecule has 0 saturated heterocycles. The van der Waals surface area contributed by atoms with Crippen molar-refractivity contribution in [2.24, 2.45) is 17.6 Å². The first kappa shape index (κ1) is 34.8. The summed E-state index contributed by atoms with van der Waals surface area (Å²) in [6.07, 6.45) is 0.127. The highest BCUT2D eigenvalue weighted by Gasteiger charge is 2.64. The number of phenols is 1. The number of nitrogens with zero attached hydrogens (tertiary/aromatic N) is 2. The maximum atomic E-state index is 14.0. The Kier molecular flexibility index (Phi) is 10.3. The third-order valence-electron chi connectivity index (χ3n) is 7.99.